The van der Waals surface area contributed by atoms with E-state index in [1.165, 1.54) is 22.5 Å². The first kappa shape index (κ1) is 17.8. The summed E-state index contributed by atoms with van der Waals surface area (Å²) in [6.07, 6.45) is 0.989. The van der Waals surface area contributed by atoms with Gasteiger partial charge in [0.2, 0.25) is 0 Å². The van der Waals surface area contributed by atoms with E-state index in [1.807, 2.05) is 13.0 Å². The number of aryl methyl sites for hydroxylation is 1. The Morgan fingerprint density at radius 3 is 2.88 bits per heavy atom. The van der Waals surface area contributed by atoms with Crippen LogP contribution in [0.15, 0.2) is 40.9 Å². The van der Waals surface area contributed by atoms with Crippen LogP contribution in [0.4, 0.5) is 5.69 Å². The second-order valence-electron chi connectivity index (χ2n) is 7.00. The van der Waals surface area contributed by atoms with Crippen molar-refractivity contribution in [1.29, 1.82) is 0 Å². The van der Waals surface area contributed by atoms with Crippen LogP contribution < -0.4 is 5.32 Å². The summed E-state index contributed by atoms with van der Waals surface area (Å²) in [7, 11) is 2.16. The van der Waals surface area contributed by atoms with Crippen molar-refractivity contribution in [2.45, 2.75) is 26.4 Å². The van der Waals surface area contributed by atoms with Crippen LogP contribution >= 0.6 is 27.5 Å². The van der Waals surface area contributed by atoms with Crippen LogP contribution in [-0.2, 0) is 19.5 Å². The number of hydrogen-bond donors (Lipinski definition) is 1. The van der Waals surface area contributed by atoms with E-state index in [0.29, 0.717) is 0 Å². The predicted octanol–water partition coefficient (Wildman–Crippen LogP) is 5.56. The molecule has 1 aromatic heterocycles. The normalized spacial score (nSPS) is 14.5. The van der Waals surface area contributed by atoms with Crippen molar-refractivity contribution < 1.29 is 0 Å². The lowest BCUT2D eigenvalue weighted by atomic mass is 10.00. The third-order valence-electron chi connectivity index (χ3n) is 5.00. The van der Waals surface area contributed by atoms with Gasteiger partial charge in [0.15, 0.2) is 0 Å². The summed E-state index contributed by atoms with van der Waals surface area (Å²) >= 11 is 9.90. The van der Waals surface area contributed by atoms with Crippen LogP contribution in [0.5, 0.6) is 0 Å². The van der Waals surface area contributed by atoms with E-state index < -0.39 is 0 Å². The number of anilines is 1. The first-order valence-electron chi connectivity index (χ1n) is 8.80. The maximum absolute atomic E-state index is 6.30. The monoisotopic (exact) mass is 429 g/mol. The Hall–Kier alpha value is -1.62. The quantitative estimate of drug-likeness (QED) is 0.589. The van der Waals surface area contributed by atoms with Crippen molar-refractivity contribution in [3.8, 4) is 0 Å². The third-order valence-corrected chi connectivity index (χ3v) is 5.90. The van der Waals surface area contributed by atoms with Crippen molar-refractivity contribution in [3.63, 3.8) is 0 Å². The summed E-state index contributed by atoms with van der Waals surface area (Å²) in [6.45, 7) is 4.73. The van der Waals surface area contributed by atoms with E-state index in [9.17, 15) is 0 Å². The highest BCUT2D eigenvalue weighted by molar-refractivity contribution is 9.10. The van der Waals surface area contributed by atoms with Crippen molar-refractivity contribution in [2.24, 2.45) is 0 Å². The second kappa shape index (κ2) is 7.18. The highest BCUT2D eigenvalue weighted by atomic mass is 79.9. The molecule has 26 heavy (non-hydrogen) atoms. The minimum atomic E-state index is 0.738. The van der Waals surface area contributed by atoms with Crippen LogP contribution in [0.2, 0.25) is 5.02 Å². The van der Waals surface area contributed by atoms with Crippen molar-refractivity contribution in [1.82, 2.24) is 9.88 Å². The molecule has 0 fully saturated rings. The topological polar surface area (TPSA) is 28.2 Å². The summed E-state index contributed by atoms with van der Waals surface area (Å²) in [5, 5.41) is 5.65. The molecular weight excluding hydrogens is 410 g/mol. The number of nitrogens with zero attached hydrogens (tertiary/aromatic N) is 2. The Morgan fingerprint density at radius 1 is 1.23 bits per heavy atom. The predicted molar refractivity (Wildman–Crippen MR) is 113 cm³/mol. The SMILES string of the molecule is Cc1ccc(CNc2c3c(nc4ccc(Br)cc24)CCN(C)C3)cc1Cl. The van der Waals surface area contributed by atoms with E-state index in [4.69, 9.17) is 16.6 Å². The Kier molecular flexibility index (Phi) is 4.91. The van der Waals surface area contributed by atoms with Crippen LogP contribution in [0.3, 0.4) is 0 Å². The summed E-state index contributed by atoms with van der Waals surface area (Å²) in [4.78, 5) is 7.27. The molecule has 0 saturated heterocycles. The average molecular weight is 431 g/mol. The molecule has 5 heteroatoms. The number of nitrogens with one attached hydrogen (secondary N) is 1. The number of benzene rings is 2. The minimum Gasteiger partial charge on any atom is -0.380 e. The summed E-state index contributed by atoms with van der Waals surface area (Å²) in [5.74, 6) is 0. The van der Waals surface area contributed by atoms with Gasteiger partial charge in [-0.05, 0) is 49.4 Å². The highest BCUT2D eigenvalue weighted by Crippen LogP contribution is 2.34. The van der Waals surface area contributed by atoms with Gasteiger partial charge >= 0.3 is 0 Å². The smallest absolute Gasteiger partial charge is 0.0727 e. The molecule has 3 nitrogen and oxygen atoms in total. The number of likely N-dealkylation sites (N-methyl/N-ethyl adjacent to an activating group) is 1. The molecule has 134 valence electrons. The van der Waals surface area contributed by atoms with Gasteiger partial charge in [-0.1, -0.05) is 39.7 Å². The molecule has 0 radical (unpaired) electrons. The van der Waals surface area contributed by atoms with E-state index in [2.05, 4.69) is 63.5 Å². The Balaban J connectivity index is 1.77. The van der Waals surface area contributed by atoms with Crippen molar-refractivity contribution >= 4 is 44.1 Å². The number of halogens is 2. The maximum atomic E-state index is 6.30. The molecule has 2 heterocycles. The van der Waals surface area contributed by atoms with Gasteiger partial charge in [-0.3, -0.25) is 4.98 Å². The third kappa shape index (κ3) is 3.46. The molecule has 0 aliphatic carbocycles. The molecule has 0 saturated carbocycles. The Bertz CT molecular complexity index is 987. The summed E-state index contributed by atoms with van der Waals surface area (Å²) in [6, 6.07) is 12.5. The van der Waals surface area contributed by atoms with Gasteiger partial charge < -0.3 is 10.2 Å². The van der Waals surface area contributed by atoms with Gasteiger partial charge in [0.25, 0.3) is 0 Å². The zero-order valence-electron chi connectivity index (χ0n) is 14.9. The van der Waals surface area contributed by atoms with Gasteiger partial charge in [-0.25, -0.2) is 0 Å². The van der Waals surface area contributed by atoms with Crippen LogP contribution in [0.25, 0.3) is 10.9 Å². The first-order valence-corrected chi connectivity index (χ1v) is 9.97. The maximum Gasteiger partial charge on any atom is 0.0727 e. The standard InChI is InChI=1S/C21H21BrClN3/c1-13-3-4-14(9-18(13)23)11-24-21-16-10-15(22)5-6-19(16)25-20-7-8-26(2)12-17(20)21/h3-6,9-10H,7-8,11-12H2,1-2H3,(H,24,25). The molecule has 0 spiro atoms. The summed E-state index contributed by atoms with van der Waals surface area (Å²) in [5.41, 5.74) is 7.03. The molecule has 2 aromatic carbocycles. The number of aromatic nitrogens is 1. The number of hydrogen-bond acceptors (Lipinski definition) is 3. The van der Waals surface area contributed by atoms with E-state index >= 15 is 0 Å². The number of rotatable bonds is 3. The molecule has 4 rings (SSSR count). The zero-order valence-corrected chi connectivity index (χ0v) is 17.3. The zero-order chi connectivity index (χ0) is 18.3. The molecule has 1 aliphatic heterocycles. The molecule has 1 aliphatic rings. The fourth-order valence-corrected chi connectivity index (χ4v) is 4.05. The Labute approximate surface area is 167 Å². The van der Waals surface area contributed by atoms with Crippen LogP contribution in [0.1, 0.15) is 22.4 Å². The lowest BCUT2D eigenvalue weighted by Crippen LogP contribution is -2.28. The first-order chi connectivity index (χ1) is 12.5. The second-order valence-corrected chi connectivity index (χ2v) is 8.32. The molecule has 1 N–H and O–H groups in total. The van der Waals surface area contributed by atoms with Gasteiger partial charge in [-0.2, -0.15) is 0 Å². The van der Waals surface area contributed by atoms with Gasteiger partial charge in [-0.15, -0.1) is 0 Å². The van der Waals surface area contributed by atoms with Gasteiger partial charge in [0.05, 0.1) is 11.2 Å². The van der Waals surface area contributed by atoms with Gasteiger partial charge in [0, 0.05) is 52.2 Å². The summed E-state index contributed by atoms with van der Waals surface area (Å²) < 4.78 is 1.07. The minimum absolute atomic E-state index is 0.738. The molecular formula is C21H21BrClN3. The number of pyridine rings is 1. The average Bonchev–Trinajstić information content (AvgIpc) is 2.62. The Morgan fingerprint density at radius 2 is 2.08 bits per heavy atom. The fraction of sp³-hybridized carbons (Fsp3) is 0.286. The van der Waals surface area contributed by atoms with Gasteiger partial charge in [0.1, 0.15) is 0 Å². The van der Waals surface area contributed by atoms with Crippen molar-refractivity contribution in [2.75, 3.05) is 18.9 Å². The number of fused-ring (bicyclic) bond motifs is 2. The van der Waals surface area contributed by atoms with Crippen molar-refractivity contribution in [3.05, 3.63) is 68.3 Å². The molecule has 0 amide bonds. The van der Waals surface area contributed by atoms with Crippen LogP contribution in [0, 0.1) is 6.92 Å². The van der Waals surface area contributed by atoms with E-state index in [0.717, 1.165) is 52.0 Å². The molecule has 0 atom stereocenters. The molecule has 3 aromatic rings. The lowest BCUT2D eigenvalue weighted by molar-refractivity contribution is 0.311. The fourth-order valence-electron chi connectivity index (χ4n) is 3.49. The van der Waals surface area contributed by atoms with E-state index in [-0.39, 0.29) is 0 Å². The highest BCUT2D eigenvalue weighted by Gasteiger charge is 2.20. The largest absolute Gasteiger partial charge is 0.380 e. The molecule has 0 unspecified atom stereocenters. The lowest BCUT2D eigenvalue weighted by Gasteiger charge is -2.27. The van der Waals surface area contributed by atoms with E-state index in [1.54, 1.807) is 0 Å². The van der Waals surface area contributed by atoms with Crippen LogP contribution in [-0.4, -0.2) is 23.5 Å². The molecule has 0 bridgehead atoms.